The second-order valence-corrected chi connectivity index (χ2v) is 10.9. The van der Waals surface area contributed by atoms with Crippen LogP contribution in [-0.2, 0) is 10.8 Å². The van der Waals surface area contributed by atoms with Crippen molar-refractivity contribution in [1.29, 1.82) is 0 Å². The summed E-state index contributed by atoms with van der Waals surface area (Å²) in [6, 6.07) is 5.15. The number of aliphatic hydroxyl groups excluding tert-OH is 1. The molecule has 0 spiro atoms. The summed E-state index contributed by atoms with van der Waals surface area (Å²) in [6.45, 7) is 1.22. The van der Waals surface area contributed by atoms with Crippen molar-refractivity contribution in [1.82, 2.24) is 5.32 Å². The Morgan fingerprint density at radius 3 is 2.70 bits per heavy atom. The van der Waals surface area contributed by atoms with E-state index >= 15 is 0 Å². The van der Waals surface area contributed by atoms with Gasteiger partial charge < -0.3 is 15.2 Å². The minimum Gasteiger partial charge on any atom is -0.494 e. The molecule has 2 aliphatic carbocycles. The lowest BCUT2D eigenvalue weighted by atomic mass is 9.62. The highest BCUT2D eigenvalue weighted by Crippen LogP contribution is 2.48. The first kappa shape index (κ1) is 23.6. The molecule has 2 aliphatic rings. The summed E-state index contributed by atoms with van der Waals surface area (Å²) in [5.74, 6) is 2.35. The van der Waals surface area contributed by atoms with Crippen molar-refractivity contribution in [3.8, 4) is 5.75 Å². The Morgan fingerprint density at radius 2 is 1.97 bits per heavy atom. The number of carbonyl (C=O) groups is 1. The number of rotatable bonds is 11. The van der Waals surface area contributed by atoms with Gasteiger partial charge in [-0.05, 0) is 61.6 Å². The second-order valence-electron chi connectivity index (χ2n) is 8.81. The lowest BCUT2D eigenvalue weighted by molar-refractivity contribution is 0.0681. The van der Waals surface area contributed by atoms with Crippen molar-refractivity contribution >= 4 is 28.3 Å². The van der Waals surface area contributed by atoms with Crippen LogP contribution in [0.1, 0.15) is 68.1 Å². The van der Waals surface area contributed by atoms with Crippen molar-refractivity contribution < 1.29 is 18.8 Å². The molecular formula is C23H34ClNO4S. The van der Waals surface area contributed by atoms with Crippen LogP contribution in [0.2, 0.25) is 5.02 Å². The molecule has 30 heavy (non-hydrogen) atoms. The number of nitrogens with one attached hydrogen (secondary N) is 1. The normalized spacial score (nSPS) is 24.3. The van der Waals surface area contributed by atoms with Crippen LogP contribution < -0.4 is 10.1 Å². The van der Waals surface area contributed by atoms with Gasteiger partial charge in [0.1, 0.15) is 5.75 Å². The molecule has 1 aromatic carbocycles. The first-order valence-electron chi connectivity index (χ1n) is 11.2. The molecule has 0 aliphatic heterocycles. The summed E-state index contributed by atoms with van der Waals surface area (Å²) in [4.78, 5) is 12.8. The topological polar surface area (TPSA) is 75.6 Å². The molecule has 0 heterocycles. The smallest absolute Gasteiger partial charge is 0.252 e. The maximum absolute atomic E-state index is 12.8. The Labute approximate surface area is 187 Å². The summed E-state index contributed by atoms with van der Waals surface area (Å²) >= 11 is 6.29. The van der Waals surface area contributed by atoms with Gasteiger partial charge in [0, 0.05) is 35.5 Å². The molecule has 1 aromatic rings. The summed E-state index contributed by atoms with van der Waals surface area (Å²) in [7, 11) is -0.927. The Kier molecular flexibility index (Phi) is 9.02. The third-order valence-electron chi connectivity index (χ3n) is 6.48. The van der Waals surface area contributed by atoms with Crippen molar-refractivity contribution in [2.75, 3.05) is 31.3 Å². The van der Waals surface area contributed by atoms with Gasteiger partial charge in [-0.25, -0.2) is 0 Å². The van der Waals surface area contributed by atoms with E-state index in [0.29, 0.717) is 47.3 Å². The van der Waals surface area contributed by atoms with Crippen molar-refractivity contribution in [3.63, 3.8) is 0 Å². The predicted octanol–water partition coefficient (Wildman–Crippen LogP) is 4.33. The first-order chi connectivity index (χ1) is 14.5. The lowest BCUT2D eigenvalue weighted by Gasteiger charge is -2.45. The minimum atomic E-state index is -0.927. The first-order valence-corrected chi connectivity index (χ1v) is 13.0. The van der Waals surface area contributed by atoms with E-state index in [-0.39, 0.29) is 17.9 Å². The SMILES string of the molecule is O=C(NCC12CCCC(CCC1)C2)c1cc(OCCCS(=O)CCCO)ccc1Cl. The Bertz CT molecular complexity index is 732. The van der Waals surface area contributed by atoms with Crippen LogP contribution in [-0.4, -0.2) is 46.5 Å². The summed E-state index contributed by atoms with van der Waals surface area (Å²) in [5.41, 5.74) is 0.712. The summed E-state index contributed by atoms with van der Waals surface area (Å²) < 4.78 is 17.5. The molecule has 1 atom stereocenters. The van der Waals surface area contributed by atoms with Crippen molar-refractivity contribution in [2.45, 2.75) is 57.8 Å². The van der Waals surface area contributed by atoms with Crippen LogP contribution >= 0.6 is 11.6 Å². The number of fused-ring (bicyclic) bond motifs is 2. The number of aliphatic hydroxyl groups is 1. The average Bonchev–Trinajstić information content (AvgIpc) is 2.75. The molecule has 0 saturated heterocycles. The van der Waals surface area contributed by atoms with Crippen LogP contribution in [0.5, 0.6) is 5.75 Å². The van der Waals surface area contributed by atoms with E-state index in [1.54, 1.807) is 18.2 Å². The monoisotopic (exact) mass is 455 g/mol. The highest BCUT2D eigenvalue weighted by Gasteiger charge is 2.39. The number of benzene rings is 1. The van der Waals surface area contributed by atoms with Gasteiger partial charge >= 0.3 is 0 Å². The molecule has 2 bridgehead atoms. The third kappa shape index (κ3) is 6.69. The number of halogens is 1. The zero-order valence-electron chi connectivity index (χ0n) is 17.7. The zero-order valence-corrected chi connectivity index (χ0v) is 19.2. The molecule has 0 radical (unpaired) electrons. The van der Waals surface area contributed by atoms with Crippen LogP contribution in [0.3, 0.4) is 0 Å². The van der Waals surface area contributed by atoms with Crippen molar-refractivity contribution in [3.05, 3.63) is 28.8 Å². The summed E-state index contributed by atoms with van der Waals surface area (Å²) in [6.07, 6.45) is 10.1. The molecular weight excluding hydrogens is 422 g/mol. The molecule has 7 heteroatoms. The van der Waals surface area contributed by atoms with E-state index in [2.05, 4.69) is 5.32 Å². The molecule has 1 amide bonds. The van der Waals surface area contributed by atoms with Crippen LogP contribution in [0.15, 0.2) is 18.2 Å². The summed E-state index contributed by atoms with van der Waals surface area (Å²) in [5, 5.41) is 12.3. The molecule has 2 fully saturated rings. The van der Waals surface area contributed by atoms with Gasteiger partial charge in [0.2, 0.25) is 0 Å². The molecule has 168 valence electrons. The van der Waals surface area contributed by atoms with Gasteiger partial charge in [0.25, 0.3) is 5.91 Å². The zero-order chi connectivity index (χ0) is 21.4. The number of carbonyl (C=O) groups excluding carboxylic acids is 1. The third-order valence-corrected chi connectivity index (χ3v) is 8.30. The Morgan fingerprint density at radius 1 is 1.23 bits per heavy atom. The highest BCUT2D eigenvalue weighted by molar-refractivity contribution is 7.84. The largest absolute Gasteiger partial charge is 0.494 e. The molecule has 2 saturated carbocycles. The fraction of sp³-hybridized carbons (Fsp3) is 0.696. The quantitative estimate of drug-likeness (QED) is 0.487. The molecule has 5 nitrogen and oxygen atoms in total. The Hall–Kier alpha value is -1.11. The van der Waals surface area contributed by atoms with Crippen LogP contribution in [0.4, 0.5) is 0 Å². The maximum atomic E-state index is 12.8. The average molecular weight is 456 g/mol. The lowest BCUT2D eigenvalue weighted by Crippen LogP contribution is -2.43. The van der Waals surface area contributed by atoms with Crippen LogP contribution in [0, 0.1) is 11.3 Å². The molecule has 0 aromatic heterocycles. The number of hydrogen-bond donors (Lipinski definition) is 2. The van der Waals surface area contributed by atoms with Gasteiger partial charge in [-0.1, -0.05) is 37.3 Å². The number of amides is 1. The number of ether oxygens (including phenoxy) is 1. The van der Waals surface area contributed by atoms with Crippen LogP contribution in [0.25, 0.3) is 0 Å². The van der Waals surface area contributed by atoms with E-state index in [9.17, 15) is 9.00 Å². The second kappa shape index (κ2) is 11.5. The van der Waals surface area contributed by atoms with Gasteiger partial charge in [-0.3, -0.25) is 9.00 Å². The molecule has 2 N–H and O–H groups in total. The standard InChI is InChI=1S/C23H34ClNO4S/c24-21-8-7-19(29-12-4-14-30(28)13-3-11-26)15-20(21)22(27)25-17-23-9-1-5-18(16-23)6-2-10-23/h7-8,15,18,26H,1-6,9-14,16-17H2,(H,25,27). The van der Waals surface area contributed by atoms with Gasteiger partial charge in [-0.2, -0.15) is 0 Å². The van der Waals surface area contributed by atoms with Gasteiger partial charge in [-0.15, -0.1) is 0 Å². The van der Waals surface area contributed by atoms with Crippen molar-refractivity contribution in [2.24, 2.45) is 11.3 Å². The predicted molar refractivity (Wildman–Crippen MR) is 122 cm³/mol. The van der Waals surface area contributed by atoms with Gasteiger partial charge in [0.05, 0.1) is 17.2 Å². The van der Waals surface area contributed by atoms with E-state index in [1.165, 1.54) is 44.9 Å². The maximum Gasteiger partial charge on any atom is 0.252 e. The van der Waals surface area contributed by atoms with E-state index in [0.717, 1.165) is 12.5 Å². The molecule has 1 unspecified atom stereocenters. The van der Waals surface area contributed by atoms with E-state index in [1.807, 2.05) is 0 Å². The van der Waals surface area contributed by atoms with Gasteiger partial charge in [0.15, 0.2) is 0 Å². The fourth-order valence-electron chi connectivity index (χ4n) is 4.94. The fourth-order valence-corrected chi connectivity index (χ4v) is 6.24. The Balaban J connectivity index is 1.49. The highest BCUT2D eigenvalue weighted by atomic mass is 35.5. The van der Waals surface area contributed by atoms with E-state index in [4.69, 9.17) is 21.4 Å². The van der Waals surface area contributed by atoms with E-state index < -0.39 is 10.8 Å². The minimum absolute atomic E-state index is 0.0690. The molecule has 3 rings (SSSR count). The number of hydrogen-bond acceptors (Lipinski definition) is 4.